The number of rotatable bonds is 5. The molecule has 0 spiro atoms. The Labute approximate surface area is 160 Å². The predicted octanol–water partition coefficient (Wildman–Crippen LogP) is 2.30. The van der Waals surface area contributed by atoms with E-state index in [2.05, 4.69) is 14.9 Å². The minimum Gasteiger partial charge on any atom is -0.354 e. The van der Waals surface area contributed by atoms with Gasteiger partial charge in [0.25, 0.3) is 0 Å². The van der Waals surface area contributed by atoms with E-state index in [1.807, 2.05) is 19.9 Å². The van der Waals surface area contributed by atoms with Gasteiger partial charge in [-0.1, -0.05) is 18.2 Å². The number of anilines is 1. The molecule has 0 unspecified atom stereocenters. The molecule has 0 saturated carbocycles. The van der Waals surface area contributed by atoms with E-state index in [0.29, 0.717) is 44.0 Å². The summed E-state index contributed by atoms with van der Waals surface area (Å²) in [6, 6.07) is 6.71. The zero-order chi connectivity index (χ0) is 19.6. The number of aromatic nitrogens is 2. The van der Waals surface area contributed by atoms with Crippen LogP contribution in [0, 0.1) is 19.7 Å². The second kappa shape index (κ2) is 7.90. The maximum absolute atomic E-state index is 14.2. The van der Waals surface area contributed by atoms with Crippen LogP contribution in [0.5, 0.6) is 0 Å². The summed E-state index contributed by atoms with van der Waals surface area (Å²) in [6.45, 7) is 7.37. The molecule has 3 rings (SSSR count). The van der Waals surface area contributed by atoms with Crippen molar-refractivity contribution in [2.24, 2.45) is 0 Å². The lowest BCUT2D eigenvalue weighted by atomic mass is 10.0. The predicted molar refractivity (Wildman–Crippen MR) is 104 cm³/mol. The highest BCUT2D eigenvalue weighted by Gasteiger charge is 2.28. The lowest BCUT2D eigenvalue weighted by Gasteiger charge is -2.35. The Kier molecular flexibility index (Phi) is 5.76. The molecule has 1 aromatic carbocycles. The molecule has 0 N–H and O–H groups in total. The fourth-order valence-corrected chi connectivity index (χ4v) is 4.46. The number of benzene rings is 1. The highest BCUT2D eigenvalue weighted by Crippen LogP contribution is 2.26. The molecule has 1 fully saturated rings. The van der Waals surface area contributed by atoms with Crippen LogP contribution < -0.4 is 4.90 Å². The second-order valence-electron chi connectivity index (χ2n) is 6.71. The molecule has 0 atom stereocenters. The summed E-state index contributed by atoms with van der Waals surface area (Å²) in [7, 11) is -3.18. The topological polar surface area (TPSA) is 66.4 Å². The van der Waals surface area contributed by atoms with E-state index in [1.165, 1.54) is 10.4 Å². The third kappa shape index (κ3) is 4.27. The minimum absolute atomic E-state index is 0.108. The summed E-state index contributed by atoms with van der Waals surface area (Å²) in [5.41, 5.74) is 2.31. The molecule has 8 heteroatoms. The van der Waals surface area contributed by atoms with Crippen LogP contribution in [0.1, 0.15) is 29.6 Å². The molecule has 1 aliphatic heterocycles. The Bertz CT molecular complexity index is 925. The monoisotopic (exact) mass is 392 g/mol. The van der Waals surface area contributed by atoms with E-state index in [1.54, 1.807) is 19.1 Å². The first-order valence-electron chi connectivity index (χ1n) is 9.12. The SMILES string of the molecule is CCS(=O)(=O)N1CCN(c2nc(C)nc(C)c2Cc2ccccc2F)CC1. The van der Waals surface area contributed by atoms with E-state index >= 15 is 0 Å². The molecule has 2 aromatic rings. The lowest BCUT2D eigenvalue weighted by Crippen LogP contribution is -2.49. The molecular weight excluding hydrogens is 367 g/mol. The van der Waals surface area contributed by atoms with Gasteiger partial charge in [0.1, 0.15) is 17.5 Å². The zero-order valence-electron chi connectivity index (χ0n) is 15.9. The molecule has 146 valence electrons. The summed E-state index contributed by atoms with van der Waals surface area (Å²) < 4.78 is 39.9. The minimum atomic E-state index is -3.18. The van der Waals surface area contributed by atoms with Gasteiger partial charge >= 0.3 is 0 Å². The van der Waals surface area contributed by atoms with Gasteiger partial charge in [-0.15, -0.1) is 0 Å². The van der Waals surface area contributed by atoms with Crippen molar-refractivity contribution < 1.29 is 12.8 Å². The highest BCUT2D eigenvalue weighted by atomic mass is 32.2. The Morgan fingerprint density at radius 1 is 1.07 bits per heavy atom. The molecule has 6 nitrogen and oxygen atoms in total. The van der Waals surface area contributed by atoms with Crippen LogP contribution in [-0.4, -0.2) is 54.6 Å². The van der Waals surface area contributed by atoms with E-state index in [0.717, 1.165) is 17.1 Å². The molecular formula is C19H25FN4O2S. The first-order chi connectivity index (χ1) is 12.8. The van der Waals surface area contributed by atoms with Gasteiger partial charge in [-0.25, -0.2) is 22.8 Å². The van der Waals surface area contributed by atoms with Crippen LogP contribution in [-0.2, 0) is 16.4 Å². The molecule has 0 bridgehead atoms. The van der Waals surface area contributed by atoms with Gasteiger partial charge in [-0.05, 0) is 32.4 Å². The number of halogens is 1. The van der Waals surface area contributed by atoms with Crippen molar-refractivity contribution in [1.29, 1.82) is 0 Å². The van der Waals surface area contributed by atoms with Crippen molar-refractivity contribution in [3.8, 4) is 0 Å². The van der Waals surface area contributed by atoms with Crippen molar-refractivity contribution in [2.75, 3.05) is 36.8 Å². The van der Waals surface area contributed by atoms with Gasteiger partial charge < -0.3 is 4.90 Å². The molecule has 0 aliphatic carbocycles. The van der Waals surface area contributed by atoms with E-state index in [4.69, 9.17) is 0 Å². The summed E-state index contributed by atoms with van der Waals surface area (Å²) in [5.74, 6) is 1.29. The third-order valence-electron chi connectivity index (χ3n) is 4.93. The number of piperazine rings is 1. The van der Waals surface area contributed by atoms with Crippen LogP contribution in [0.15, 0.2) is 24.3 Å². The van der Waals surface area contributed by atoms with Crippen molar-refractivity contribution in [1.82, 2.24) is 14.3 Å². The fraction of sp³-hybridized carbons (Fsp3) is 0.474. The fourth-order valence-electron chi connectivity index (χ4n) is 3.38. The average Bonchev–Trinajstić information content (AvgIpc) is 2.65. The molecule has 0 radical (unpaired) electrons. The average molecular weight is 393 g/mol. The first kappa shape index (κ1) is 19.7. The van der Waals surface area contributed by atoms with Gasteiger partial charge in [0.05, 0.1) is 5.75 Å². The number of sulfonamides is 1. The summed E-state index contributed by atoms with van der Waals surface area (Å²) in [5, 5.41) is 0. The van der Waals surface area contributed by atoms with Crippen molar-refractivity contribution in [3.05, 3.63) is 52.7 Å². The maximum atomic E-state index is 14.2. The Morgan fingerprint density at radius 2 is 1.74 bits per heavy atom. The van der Waals surface area contributed by atoms with Gasteiger partial charge in [0.2, 0.25) is 10.0 Å². The number of aryl methyl sites for hydroxylation is 2. The van der Waals surface area contributed by atoms with Gasteiger partial charge in [0.15, 0.2) is 0 Å². The summed E-state index contributed by atoms with van der Waals surface area (Å²) >= 11 is 0. The van der Waals surface area contributed by atoms with Crippen LogP contribution in [0.3, 0.4) is 0 Å². The molecule has 1 aliphatic rings. The highest BCUT2D eigenvalue weighted by molar-refractivity contribution is 7.89. The van der Waals surface area contributed by atoms with Crippen LogP contribution in [0.2, 0.25) is 0 Å². The Morgan fingerprint density at radius 3 is 2.37 bits per heavy atom. The van der Waals surface area contributed by atoms with Crippen LogP contribution in [0.25, 0.3) is 0 Å². The van der Waals surface area contributed by atoms with Gasteiger partial charge in [-0.3, -0.25) is 0 Å². The van der Waals surface area contributed by atoms with Crippen molar-refractivity contribution >= 4 is 15.8 Å². The zero-order valence-corrected chi connectivity index (χ0v) is 16.8. The smallest absolute Gasteiger partial charge is 0.213 e. The normalized spacial score (nSPS) is 15.9. The summed E-state index contributed by atoms with van der Waals surface area (Å²) in [6.07, 6.45) is 0.404. The number of hydrogen-bond donors (Lipinski definition) is 0. The van der Waals surface area contributed by atoms with Crippen LogP contribution >= 0.6 is 0 Å². The van der Waals surface area contributed by atoms with Gasteiger partial charge in [-0.2, -0.15) is 4.31 Å². The maximum Gasteiger partial charge on any atom is 0.213 e. The molecule has 27 heavy (non-hydrogen) atoms. The second-order valence-corrected chi connectivity index (χ2v) is 8.97. The van der Waals surface area contributed by atoms with E-state index in [-0.39, 0.29) is 11.6 Å². The lowest BCUT2D eigenvalue weighted by molar-refractivity contribution is 0.384. The summed E-state index contributed by atoms with van der Waals surface area (Å²) in [4.78, 5) is 11.2. The van der Waals surface area contributed by atoms with E-state index in [9.17, 15) is 12.8 Å². The Balaban J connectivity index is 1.89. The van der Waals surface area contributed by atoms with Crippen LogP contribution in [0.4, 0.5) is 10.2 Å². The Hall–Kier alpha value is -2.06. The van der Waals surface area contributed by atoms with Crippen molar-refractivity contribution in [2.45, 2.75) is 27.2 Å². The third-order valence-corrected chi connectivity index (χ3v) is 6.81. The quantitative estimate of drug-likeness (QED) is 0.781. The van der Waals surface area contributed by atoms with Crippen molar-refractivity contribution in [3.63, 3.8) is 0 Å². The molecule has 1 saturated heterocycles. The standard InChI is InChI=1S/C19H25FN4O2S/c1-4-27(25,26)24-11-9-23(10-12-24)19-17(14(2)21-15(3)22-19)13-16-7-5-6-8-18(16)20/h5-8H,4,9-13H2,1-3H3. The number of nitrogens with zero attached hydrogens (tertiary/aromatic N) is 4. The number of hydrogen-bond acceptors (Lipinski definition) is 5. The largest absolute Gasteiger partial charge is 0.354 e. The first-order valence-corrected chi connectivity index (χ1v) is 10.7. The molecule has 1 aromatic heterocycles. The molecule has 0 amide bonds. The van der Waals surface area contributed by atoms with E-state index < -0.39 is 10.0 Å². The van der Waals surface area contributed by atoms with Gasteiger partial charge in [0, 0.05) is 43.9 Å². The molecule has 2 heterocycles.